The molecule has 0 spiro atoms. The number of likely N-dealkylation sites (tertiary alicyclic amines) is 1. The Balaban J connectivity index is 1.46. The van der Waals surface area contributed by atoms with Gasteiger partial charge >= 0.3 is 0 Å². The fourth-order valence-electron chi connectivity index (χ4n) is 4.08. The Bertz CT molecular complexity index is 888. The van der Waals surface area contributed by atoms with Crippen molar-refractivity contribution in [3.05, 3.63) is 65.7 Å². The van der Waals surface area contributed by atoms with Crippen LogP contribution >= 0.6 is 0 Å². The zero-order valence-corrected chi connectivity index (χ0v) is 18.3. The molecule has 6 heteroatoms. The molecule has 1 unspecified atom stereocenters. The maximum atomic E-state index is 13.0. The molecule has 1 heterocycles. The van der Waals surface area contributed by atoms with Crippen LogP contribution in [0.15, 0.2) is 54.6 Å². The third-order valence-corrected chi connectivity index (χ3v) is 5.72. The maximum absolute atomic E-state index is 13.0. The summed E-state index contributed by atoms with van der Waals surface area (Å²) in [6.45, 7) is 4.84. The molecule has 1 fully saturated rings. The molecular weight excluding hydrogens is 390 g/mol. The van der Waals surface area contributed by atoms with Crippen LogP contribution in [0.1, 0.15) is 50.2 Å². The zero-order chi connectivity index (χ0) is 22.2. The van der Waals surface area contributed by atoms with Gasteiger partial charge < -0.3 is 15.5 Å². The van der Waals surface area contributed by atoms with E-state index in [1.165, 1.54) is 6.92 Å². The van der Waals surface area contributed by atoms with Gasteiger partial charge in [-0.15, -0.1) is 0 Å². The number of nitrogens with zero attached hydrogens (tertiary/aromatic N) is 1. The first kappa shape index (κ1) is 22.5. The van der Waals surface area contributed by atoms with Gasteiger partial charge in [-0.2, -0.15) is 0 Å². The lowest BCUT2D eigenvalue weighted by Crippen LogP contribution is -2.48. The lowest BCUT2D eigenvalue weighted by Gasteiger charge is -2.34. The van der Waals surface area contributed by atoms with Gasteiger partial charge in [-0.3, -0.25) is 14.4 Å². The molecule has 0 aromatic heterocycles. The number of carbonyl (C=O) groups excluding carboxylic acids is 3. The van der Waals surface area contributed by atoms with Gasteiger partial charge in [0.25, 0.3) is 0 Å². The van der Waals surface area contributed by atoms with Crippen molar-refractivity contribution in [1.82, 2.24) is 10.2 Å². The number of piperidine rings is 1. The summed E-state index contributed by atoms with van der Waals surface area (Å²) in [5, 5.41) is 5.82. The van der Waals surface area contributed by atoms with E-state index in [1.807, 2.05) is 54.3 Å². The fourth-order valence-corrected chi connectivity index (χ4v) is 4.08. The summed E-state index contributed by atoms with van der Waals surface area (Å²) in [5.74, 6) is -0.0670. The number of amides is 3. The Labute approximate surface area is 184 Å². The van der Waals surface area contributed by atoms with Crippen LogP contribution in [0, 0.1) is 0 Å². The zero-order valence-electron chi connectivity index (χ0n) is 18.3. The Morgan fingerprint density at radius 1 is 1.00 bits per heavy atom. The second-order valence-corrected chi connectivity index (χ2v) is 8.09. The molecule has 0 radical (unpaired) electrons. The van der Waals surface area contributed by atoms with Gasteiger partial charge in [0.05, 0.1) is 12.3 Å². The third kappa shape index (κ3) is 6.41. The van der Waals surface area contributed by atoms with Crippen molar-refractivity contribution in [1.29, 1.82) is 0 Å². The Hall–Kier alpha value is -3.15. The van der Waals surface area contributed by atoms with Crippen LogP contribution in [0.4, 0.5) is 5.69 Å². The molecule has 1 atom stereocenters. The summed E-state index contributed by atoms with van der Waals surface area (Å²) in [6.07, 6.45) is 2.61. The fraction of sp³-hybridized carbons (Fsp3) is 0.400. The second kappa shape index (κ2) is 10.8. The van der Waals surface area contributed by atoms with E-state index in [0.717, 1.165) is 36.1 Å². The number of benzene rings is 2. The number of nitrogens with one attached hydrogen (secondary N) is 2. The molecule has 0 bridgehead atoms. The Morgan fingerprint density at radius 3 is 2.23 bits per heavy atom. The molecule has 1 aliphatic rings. The molecule has 3 amide bonds. The molecule has 1 aliphatic heterocycles. The van der Waals surface area contributed by atoms with E-state index >= 15 is 0 Å². The number of carbonyl (C=O) groups is 3. The van der Waals surface area contributed by atoms with Gasteiger partial charge in [-0.25, -0.2) is 0 Å². The van der Waals surface area contributed by atoms with Gasteiger partial charge in [0, 0.05) is 31.7 Å². The summed E-state index contributed by atoms with van der Waals surface area (Å²) in [4.78, 5) is 38.5. The number of anilines is 1. The number of hydrogen-bond donors (Lipinski definition) is 2. The lowest BCUT2D eigenvalue weighted by molar-refractivity contribution is -0.134. The first-order valence-corrected chi connectivity index (χ1v) is 11.0. The smallest absolute Gasteiger partial charge is 0.230 e. The van der Waals surface area contributed by atoms with Crippen molar-refractivity contribution in [2.75, 3.05) is 18.4 Å². The van der Waals surface area contributed by atoms with E-state index < -0.39 is 0 Å². The lowest BCUT2D eigenvalue weighted by atomic mass is 9.93. The minimum absolute atomic E-state index is 0.0206. The standard InChI is InChI=1S/C25H31N3O3/c1-3-23(20-7-5-4-6-8-20)25(31)28-15-13-22(14-16-28)27-24(30)17-19-9-11-21(12-10-19)26-18(2)29/h4-12,22-23H,3,13-17H2,1-2H3,(H,26,29)(H,27,30). The van der Waals surface area contributed by atoms with Crippen molar-refractivity contribution in [2.24, 2.45) is 0 Å². The summed E-state index contributed by atoms with van der Waals surface area (Å²) in [5.41, 5.74) is 2.68. The summed E-state index contributed by atoms with van der Waals surface area (Å²) in [7, 11) is 0. The Morgan fingerprint density at radius 2 is 1.65 bits per heavy atom. The van der Waals surface area contributed by atoms with E-state index in [0.29, 0.717) is 19.5 Å². The highest BCUT2D eigenvalue weighted by molar-refractivity contribution is 5.88. The van der Waals surface area contributed by atoms with Crippen LogP contribution < -0.4 is 10.6 Å². The average Bonchev–Trinajstić information content (AvgIpc) is 2.76. The van der Waals surface area contributed by atoms with E-state index in [2.05, 4.69) is 10.6 Å². The Kier molecular flexibility index (Phi) is 7.82. The molecule has 164 valence electrons. The molecule has 31 heavy (non-hydrogen) atoms. The topological polar surface area (TPSA) is 78.5 Å². The van der Waals surface area contributed by atoms with Gasteiger partial charge in [-0.1, -0.05) is 49.4 Å². The first-order valence-electron chi connectivity index (χ1n) is 11.0. The molecule has 0 aliphatic carbocycles. The minimum atomic E-state index is -0.121. The van der Waals surface area contributed by atoms with E-state index in [9.17, 15) is 14.4 Å². The van der Waals surface area contributed by atoms with Crippen LogP contribution in [0.25, 0.3) is 0 Å². The van der Waals surface area contributed by atoms with Gasteiger partial charge in [0.1, 0.15) is 0 Å². The third-order valence-electron chi connectivity index (χ3n) is 5.72. The quantitative estimate of drug-likeness (QED) is 0.718. The van der Waals surface area contributed by atoms with Crippen molar-refractivity contribution in [2.45, 2.75) is 51.5 Å². The molecule has 3 rings (SSSR count). The number of rotatable bonds is 7. The van der Waals surface area contributed by atoms with E-state index in [-0.39, 0.29) is 29.7 Å². The van der Waals surface area contributed by atoms with Gasteiger partial charge in [0.15, 0.2) is 0 Å². The van der Waals surface area contributed by atoms with Crippen LogP contribution in [-0.4, -0.2) is 41.8 Å². The predicted octanol–water partition coefficient (Wildman–Crippen LogP) is 3.49. The molecular formula is C25H31N3O3. The normalized spacial score (nSPS) is 15.2. The highest BCUT2D eigenvalue weighted by Gasteiger charge is 2.28. The molecule has 2 N–H and O–H groups in total. The molecule has 2 aromatic rings. The molecule has 2 aromatic carbocycles. The average molecular weight is 422 g/mol. The van der Waals surface area contributed by atoms with Gasteiger partial charge in [0.2, 0.25) is 17.7 Å². The monoisotopic (exact) mass is 421 g/mol. The highest BCUT2D eigenvalue weighted by Crippen LogP contribution is 2.24. The first-order chi connectivity index (χ1) is 15.0. The molecule has 6 nitrogen and oxygen atoms in total. The van der Waals surface area contributed by atoms with Crippen LogP contribution in [0.2, 0.25) is 0 Å². The van der Waals surface area contributed by atoms with E-state index in [4.69, 9.17) is 0 Å². The van der Waals surface area contributed by atoms with Crippen LogP contribution in [0.5, 0.6) is 0 Å². The largest absolute Gasteiger partial charge is 0.353 e. The van der Waals surface area contributed by atoms with Crippen molar-refractivity contribution < 1.29 is 14.4 Å². The van der Waals surface area contributed by atoms with E-state index in [1.54, 1.807) is 12.1 Å². The molecule has 1 saturated heterocycles. The van der Waals surface area contributed by atoms with Crippen LogP contribution in [-0.2, 0) is 20.8 Å². The SMILES string of the molecule is CCC(C(=O)N1CCC(NC(=O)Cc2ccc(NC(C)=O)cc2)CC1)c1ccccc1. The molecule has 0 saturated carbocycles. The number of hydrogen-bond acceptors (Lipinski definition) is 3. The van der Waals surface area contributed by atoms with Gasteiger partial charge in [-0.05, 0) is 42.5 Å². The highest BCUT2D eigenvalue weighted by atomic mass is 16.2. The summed E-state index contributed by atoms with van der Waals surface area (Å²) >= 11 is 0. The maximum Gasteiger partial charge on any atom is 0.230 e. The minimum Gasteiger partial charge on any atom is -0.353 e. The summed E-state index contributed by atoms with van der Waals surface area (Å²) < 4.78 is 0. The van der Waals surface area contributed by atoms with Crippen molar-refractivity contribution in [3.8, 4) is 0 Å². The predicted molar refractivity (Wildman–Crippen MR) is 122 cm³/mol. The summed E-state index contributed by atoms with van der Waals surface area (Å²) in [6, 6.07) is 17.3. The van der Waals surface area contributed by atoms with Crippen molar-refractivity contribution >= 4 is 23.4 Å². The second-order valence-electron chi connectivity index (χ2n) is 8.09. The van der Waals surface area contributed by atoms with Crippen LogP contribution in [0.3, 0.4) is 0 Å². The van der Waals surface area contributed by atoms with Crippen molar-refractivity contribution in [3.63, 3.8) is 0 Å².